The number of rotatable bonds is 4. The molecule has 7 nitrogen and oxygen atoms in total. The fourth-order valence-corrected chi connectivity index (χ4v) is 1.91. The third-order valence-corrected chi connectivity index (χ3v) is 2.85. The highest BCUT2D eigenvalue weighted by Crippen LogP contribution is 2.31. The van der Waals surface area contributed by atoms with Crippen molar-refractivity contribution in [3.05, 3.63) is 56.2 Å². The first-order valence-electron chi connectivity index (χ1n) is 5.39. The molecule has 0 aliphatic rings. The number of nitro benzene ring substituents is 1. The second kappa shape index (κ2) is 5.94. The Morgan fingerprint density at radius 1 is 1.29 bits per heavy atom. The summed E-state index contributed by atoms with van der Waals surface area (Å²) < 4.78 is 5.30. The Kier molecular flexibility index (Phi) is 4.25. The molecule has 0 saturated carbocycles. The van der Waals surface area contributed by atoms with Gasteiger partial charge < -0.3 is 9.84 Å². The number of nitrogens with zero attached hydrogens (tertiary/aromatic N) is 2. The summed E-state index contributed by atoms with van der Waals surface area (Å²) >= 11 is 11.4. The number of aromatic carboxylic acids is 1. The summed E-state index contributed by atoms with van der Waals surface area (Å²) in [5.74, 6) is -1.09. The van der Waals surface area contributed by atoms with Crippen molar-refractivity contribution in [2.75, 3.05) is 0 Å². The molecule has 0 spiro atoms. The fourth-order valence-electron chi connectivity index (χ4n) is 1.47. The molecule has 2 aromatic rings. The molecule has 1 heterocycles. The summed E-state index contributed by atoms with van der Waals surface area (Å²) in [5.41, 5.74) is -0.368. The number of carboxylic acid groups (broad SMARTS) is 1. The smallest absolute Gasteiger partial charge is 0.335 e. The zero-order valence-corrected chi connectivity index (χ0v) is 11.6. The van der Waals surface area contributed by atoms with E-state index < -0.39 is 10.9 Å². The second-order valence-electron chi connectivity index (χ2n) is 3.79. The van der Waals surface area contributed by atoms with Gasteiger partial charge in [0.05, 0.1) is 10.5 Å². The van der Waals surface area contributed by atoms with Crippen LogP contribution < -0.4 is 4.74 Å². The minimum atomic E-state index is -1.19. The molecule has 0 aliphatic carbocycles. The van der Waals surface area contributed by atoms with Crippen LogP contribution in [0.1, 0.15) is 10.4 Å². The van der Waals surface area contributed by atoms with Gasteiger partial charge in [-0.2, -0.15) is 0 Å². The van der Waals surface area contributed by atoms with Gasteiger partial charge in [0.25, 0.3) is 5.69 Å². The molecular formula is C12H6Cl2N2O5. The number of hydrogen-bond acceptors (Lipinski definition) is 5. The average Bonchev–Trinajstić information content (AvgIpc) is 2.37. The molecule has 0 fully saturated rings. The van der Waals surface area contributed by atoms with Gasteiger partial charge in [-0.1, -0.05) is 23.2 Å². The van der Waals surface area contributed by atoms with Gasteiger partial charge in [0.2, 0.25) is 5.88 Å². The number of halogens is 2. The van der Waals surface area contributed by atoms with E-state index in [2.05, 4.69) is 4.98 Å². The van der Waals surface area contributed by atoms with Gasteiger partial charge in [0, 0.05) is 18.2 Å². The summed E-state index contributed by atoms with van der Waals surface area (Å²) in [6.07, 6.45) is 0. The maximum absolute atomic E-state index is 10.9. The monoisotopic (exact) mass is 328 g/mol. The predicted octanol–water partition coefficient (Wildman–Crippen LogP) is 3.79. The summed E-state index contributed by atoms with van der Waals surface area (Å²) in [5, 5.41) is 19.4. The molecule has 0 atom stereocenters. The van der Waals surface area contributed by atoms with E-state index in [4.69, 9.17) is 33.0 Å². The molecule has 0 bridgehead atoms. The number of carboxylic acids is 1. The molecule has 0 saturated heterocycles. The highest BCUT2D eigenvalue weighted by molar-refractivity contribution is 6.32. The Balaban J connectivity index is 2.32. The maximum Gasteiger partial charge on any atom is 0.335 e. The number of carbonyl (C=O) groups is 1. The van der Waals surface area contributed by atoms with Crippen LogP contribution in [0, 0.1) is 10.1 Å². The van der Waals surface area contributed by atoms with Crippen LogP contribution in [0.25, 0.3) is 0 Å². The SMILES string of the molecule is O=C(O)c1cc(Cl)nc(Oc2ccc([N+](=O)[O-])c(Cl)c2)c1. The number of benzene rings is 1. The van der Waals surface area contributed by atoms with Gasteiger partial charge in [-0.15, -0.1) is 0 Å². The lowest BCUT2D eigenvalue weighted by atomic mass is 10.2. The molecule has 1 aromatic heterocycles. The van der Waals surface area contributed by atoms with Crippen molar-refractivity contribution in [2.45, 2.75) is 0 Å². The van der Waals surface area contributed by atoms with Gasteiger partial charge in [-0.25, -0.2) is 9.78 Å². The van der Waals surface area contributed by atoms with Crippen molar-refractivity contribution in [1.29, 1.82) is 0 Å². The normalized spacial score (nSPS) is 10.2. The Bertz CT molecular complexity index is 736. The van der Waals surface area contributed by atoms with E-state index >= 15 is 0 Å². The van der Waals surface area contributed by atoms with E-state index in [1.165, 1.54) is 30.3 Å². The molecule has 1 N–H and O–H groups in total. The molecule has 0 unspecified atom stereocenters. The molecule has 0 radical (unpaired) electrons. The molecule has 0 aliphatic heterocycles. The minimum Gasteiger partial charge on any atom is -0.478 e. The van der Waals surface area contributed by atoms with Crippen molar-refractivity contribution in [1.82, 2.24) is 4.98 Å². The van der Waals surface area contributed by atoms with Crippen LogP contribution in [0.15, 0.2) is 30.3 Å². The Morgan fingerprint density at radius 2 is 2.00 bits per heavy atom. The highest BCUT2D eigenvalue weighted by Gasteiger charge is 2.14. The Morgan fingerprint density at radius 3 is 2.57 bits per heavy atom. The molecular weight excluding hydrogens is 323 g/mol. The van der Waals surface area contributed by atoms with Crippen LogP contribution in [0.5, 0.6) is 11.6 Å². The lowest BCUT2D eigenvalue weighted by molar-refractivity contribution is -0.384. The first-order chi connectivity index (χ1) is 9.86. The molecule has 21 heavy (non-hydrogen) atoms. The summed E-state index contributed by atoms with van der Waals surface area (Å²) in [6, 6.07) is 6.04. The number of aromatic nitrogens is 1. The Hall–Kier alpha value is -2.38. The van der Waals surface area contributed by atoms with Crippen molar-refractivity contribution < 1.29 is 19.6 Å². The largest absolute Gasteiger partial charge is 0.478 e. The van der Waals surface area contributed by atoms with Gasteiger partial charge in [0.15, 0.2) is 0 Å². The lowest BCUT2D eigenvalue weighted by Crippen LogP contribution is -1.99. The molecule has 108 valence electrons. The van der Waals surface area contributed by atoms with Crippen LogP contribution in [0.3, 0.4) is 0 Å². The van der Waals surface area contributed by atoms with Crippen molar-refractivity contribution >= 4 is 34.9 Å². The van der Waals surface area contributed by atoms with Crippen LogP contribution in [-0.2, 0) is 0 Å². The van der Waals surface area contributed by atoms with E-state index in [1.807, 2.05) is 0 Å². The van der Waals surface area contributed by atoms with Gasteiger partial charge in [-0.3, -0.25) is 10.1 Å². The number of nitro groups is 1. The maximum atomic E-state index is 10.9. The summed E-state index contributed by atoms with van der Waals surface area (Å²) in [7, 11) is 0. The van der Waals surface area contributed by atoms with E-state index in [-0.39, 0.29) is 33.1 Å². The minimum absolute atomic E-state index is 0.0575. The van der Waals surface area contributed by atoms with E-state index in [0.29, 0.717) is 0 Å². The molecule has 0 amide bonds. The molecule has 2 rings (SSSR count). The molecule has 1 aromatic carbocycles. The van der Waals surface area contributed by atoms with Crippen molar-refractivity contribution in [3.8, 4) is 11.6 Å². The second-order valence-corrected chi connectivity index (χ2v) is 4.59. The van der Waals surface area contributed by atoms with Gasteiger partial charge >= 0.3 is 5.97 Å². The van der Waals surface area contributed by atoms with Crippen LogP contribution >= 0.6 is 23.2 Å². The third-order valence-electron chi connectivity index (χ3n) is 2.36. The van der Waals surface area contributed by atoms with Crippen LogP contribution in [-0.4, -0.2) is 21.0 Å². The Labute approximate surface area is 127 Å². The zero-order chi connectivity index (χ0) is 15.6. The standard InChI is InChI=1S/C12H6Cl2N2O5/c13-8-5-7(1-2-9(8)16(19)20)21-11-4-6(12(17)18)3-10(14)15-11/h1-5H,(H,17,18). The fraction of sp³-hybridized carbons (Fsp3) is 0. The van der Waals surface area contributed by atoms with Gasteiger partial charge in [-0.05, 0) is 12.1 Å². The zero-order valence-electron chi connectivity index (χ0n) is 10.1. The van der Waals surface area contributed by atoms with E-state index in [0.717, 1.165) is 0 Å². The average molecular weight is 329 g/mol. The van der Waals surface area contributed by atoms with Crippen LogP contribution in [0.4, 0.5) is 5.69 Å². The number of ether oxygens (including phenoxy) is 1. The van der Waals surface area contributed by atoms with Crippen molar-refractivity contribution in [2.24, 2.45) is 0 Å². The summed E-state index contributed by atoms with van der Waals surface area (Å²) in [6.45, 7) is 0. The van der Waals surface area contributed by atoms with E-state index in [1.54, 1.807) is 0 Å². The van der Waals surface area contributed by atoms with Crippen LogP contribution in [0.2, 0.25) is 10.2 Å². The predicted molar refractivity (Wildman–Crippen MR) is 74.4 cm³/mol. The van der Waals surface area contributed by atoms with E-state index in [9.17, 15) is 14.9 Å². The number of hydrogen-bond donors (Lipinski definition) is 1. The topological polar surface area (TPSA) is 103 Å². The highest BCUT2D eigenvalue weighted by atomic mass is 35.5. The van der Waals surface area contributed by atoms with Gasteiger partial charge in [0.1, 0.15) is 15.9 Å². The molecule has 9 heteroatoms. The summed E-state index contributed by atoms with van der Waals surface area (Å²) in [4.78, 5) is 24.7. The number of pyridine rings is 1. The lowest BCUT2D eigenvalue weighted by Gasteiger charge is -2.06. The quantitative estimate of drug-likeness (QED) is 0.520. The first-order valence-corrected chi connectivity index (χ1v) is 6.15. The van der Waals surface area contributed by atoms with Crippen molar-refractivity contribution in [3.63, 3.8) is 0 Å². The third kappa shape index (κ3) is 3.59. The first kappa shape index (κ1) is 15.0.